The Kier molecular flexibility index (Phi) is 6.34. The minimum atomic E-state index is -3.77. The molecular formula is C19H26N4O6S. The van der Waals surface area contributed by atoms with Gasteiger partial charge in [0.25, 0.3) is 5.56 Å². The van der Waals surface area contributed by atoms with Crippen LogP contribution in [0.4, 0.5) is 0 Å². The van der Waals surface area contributed by atoms with Crippen LogP contribution in [0.3, 0.4) is 0 Å². The third kappa shape index (κ3) is 4.13. The fourth-order valence-electron chi connectivity index (χ4n) is 3.41. The summed E-state index contributed by atoms with van der Waals surface area (Å²) in [4.78, 5) is 26.1. The first-order valence-corrected chi connectivity index (χ1v) is 10.8. The smallest absolute Gasteiger partial charge is 0.330 e. The van der Waals surface area contributed by atoms with E-state index < -0.39 is 10.0 Å². The van der Waals surface area contributed by atoms with Crippen LogP contribution in [-0.2, 0) is 30.7 Å². The molecular weight excluding hydrogens is 412 g/mol. The summed E-state index contributed by atoms with van der Waals surface area (Å²) in [5.41, 5.74) is -0.155. The summed E-state index contributed by atoms with van der Waals surface area (Å²) >= 11 is 0. The van der Waals surface area contributed by atoms with Gasteiger partial charge in [-0.2, -0.15) is 4.31 Å². The summed E-state index contributed by atoms with van der Waals surface area (Å²) in [6, 6.07) is 6.10. The molecule has 1 aliphatic rings. The van der Waals surface area contributed by atoms with Crippen molar-refractivity contribution in [3.8, 4) is 11.5 Å². The van der Waals surface area contributed by atoms with Crippen LogP contribution in [0.25, 0.3) is 0 Å². The summed E-state index contributed by atoms with van der Waals surface area (Å²) in [7, 11) is 2.18. The molecule has 10 nitrogen and oxygen atoms in total. The summed E-state index contributed by atoms with van der Waals surface area (Å²) in [5, 5.41) is 0. The van der Waals surface area contributed by atoms with Crippen LogP contribution in [0.2, 0.25) is 0 Å². The molecule has 1 fully saturated rings. The first kappa shape index (κ1) is 22.1. The zero-order valence-corrected chi connectivity index (χ0v) is 18.3. The molecule has 0 aliphatic carbocycles. The molecule has 1 aromatic carbocycles. The number of hydrogen-bond acceptors (Lipinski definition) is 7. The number of aromatic nitrogens is 2. The van der Waals surface area contributed by atoms with Gasteiger partial charge >= 0.3 is 5.69 Å². The predicted molar refractivity (Wildman–Crippen MR) is 111 cm³/mol. The van der Waals surface area contributed by atoms with Crippen LogP contribution in [0.5, 0.6) is 11.5 Å². The minimum absolute atomic E-state index is 0.0618. The standard InChI is InChI=1S/C19H26N4O6S/c1-20-14(11-18(24)21(2)19(20)25)13-22-7-9-23(10-8-22)30(26,27)17-12-15(28-3)5-6-16(17)29-4/h5-6,11-12H,7-10,13H2,1-4H3. The Morgan fingerprint density at radius 1 is 0.933 bits per heavy atom. The molecule has 0 bridgehead atoms. The first-order valence-electron chi connectivity index (χ1n) is 9.39. The summed E-state index contributed by atoms with van der Waals surface area (Å²) in [6.07, 6.45) is 0. The van der Waals surface area contributed by atoms with E-state index in [9.17, 15) is 18.0 Å². The van der Waals surface area contributed by atoms with Gasteiger partial charge in [0.2, 0.25) is 10.0 Å². The molecule has 1 saturated heterocycles. The molecule has 2 aromatic rings. The van der Waals surface area contributed by atoms with Crippen LogP contribution < -0.4 is 20.7 Å². The zero-order chi connectivity index (χ0) is 22.1. The monoisotopic (exact) mass is 438 g/mol. The summed E-state index contributed by atoms with van der Waals surface area (Å²) in [6.45, 7) is 1.88. The summed E-state index contributed by atoms with van der Waals surface area (Å²) < 4.78 is 40.6. The molecule has 164 valence electrons. The van der Waals surface area contributed by atoms with E-state index in [1.54, 1.807) is 19.2 Å². The fraction of sp³-hybridized carbons (Fsp3) is 0.474. The zero-order valence-electron chi connectivity index (χ0n) is 17.5. The van der Waals surface area contributed by atoms with E-state index in [0.29, 0.717) is 31.1 Å². The van der Waals surface area contributed by atoms with Gasteiger partial charge in [0.15, 0.2) is 0 Å². The average molecular weight is 439 g/mol. The number of benzene rings is 1. The highest BCUT2D eigenvalue weighted by molar-refractivity contribution is 7.89. The largest absolute Gasteiger partial charge is 0.497 e. The highest BCUT2D eigenvalue weighted by atomic mass is 32.2. The molecule has 0 amide bonds. The van der Waals surface area contributed by atoms with E-state index >= 15 is 0 Å². The van der Waals surface area contributed by atoms with Crippen molar-refractivity contribution in [3.05, 3.63) is 50.8 Å². The second-order valence-corrected chi connectivity index (χ2v) is 8.98. The third-order valence-corrected chi connectivity index (χ3v) is 7.25. The van der Waals surface area contributed by atoms with Crippen LogP contribution in [0.1, 0.15) is 5.69 Å². The number of methoxy groups -OCH3 is 2. The molecule has 2 heterocycles. The SMILES string of the molecule is COc1ccc(OC)c(S(=O)(=O)N2CCN(Cc3cc(=O)n(C)c(=O)n3C)CC2)c1. The lowest BCUT2D eigenvalue weighted by atomic mass is 10.3. The lowest BCUT2D eigenvalue weighted by Crippen LogP contribution is -2.49. The number of sulfonamides is 1. The van der Waals surface area contributed by atoms with E-state index in [0.717, 1.165) is 4.57 Å². The topological polar surface area (TPSA) is 103 Å². The van der Waals surface area contributed by atoms with Crippen LogP contribution in [0, 0.1) is 0 Å². The molecule has 1 aliphatic heterocycles. The maximum absolute atomic E-state index is 13.2. The normalized spacial score (nSPS) is 15.9. The lowest BCUT2D eigenvalue weighted by Gasteiger charge is -2.34. The quantitative estimate of drug-likeness (QED) is 0.605. The Labute approximate surface area is 174 Å². The van der Waals surface area contributed by atoms with Crippen molar-refractivity contribution in [2.24, 2.45) is 14.1 Å². The fourth-order valence-corrected chi connectivity index (χ4v) is 5.00. The van der Waals surface area contributed by atoms with E-state index in [1.807, 2.05) is 4.90 Å². The Morgan fingerprint density at radius 2 is 1.60 bits per heavy atom. The molecule has 3 rings (SSSR count). The van der Waals surface area contributed by atoms with Crippen LogP contribution in [-0.4, -0.2) is 67.2 Å². The van der Waals surface area contributed by atoms with Crippen molar-refractivity contribution in [2.75, 3.05) is 40.4 Å². The van der Waals surface area contributed by atoms with E-state index in [-0.39, 0.29) is 35.0 Å². The highest BCUT2D eigenvalue weighted by Gasteiger charge is 2.31. The van der Waals surface area contributed by atoms with Gasteiger partial charge in [-0.25, -0.2) is 13.2 Å². The predicted octanol–water partition coefficient (Wildman–Crippen LogP) is -0.392. The Bertz CT molecular complexity index is 1150. The van der Waals surface area contributed by atoms with Gasteiger partial charge < -0.3 is 9.47 Å². The van der Waals surface area contributed by atoms with Gasteiger partial charge in [-0.15, -0.1) is 0 Å². The van der Waals surface area contributed by atoms with Crippen LogP contribution >= 0.6 is 0 Å². The number of nitrogens with zero attached hydrogens (tertiary/aromatic N) is 4. The first-order chi connectivity index (χ1) is 14.2. The highest BCUT2D eigenvalue weighted by Crippen LogP contribution is 2.31. The molecule has 11 heteroatoms. The second kappa shape index (κ2) is 8.62. The van der Waals surface area contributed by atoms with Crippen molar-refractivity contribution in [1.82, 2.24) is 18.3 Å². The van der Waals surface area contributed by atoms with Gasteiger partial charge in [0.1, 0.15) is 16.4 Å². The average Bonchev–Trinajstić information content (AvgIpc) is 2.75. The van der Waals surface area contributed by atoms with Gasteiger partial charge in [0.05, 0.1) is 14.2 Å². The molecule has 1 aromatic heterocycles. The Balaban J connectivity index is 1.76. The van der Waals surface area contributed by atoms with Crippen molar-refractivity contribution in [2.45, 2.75) is 11.4 Å². The van der Waals surface area contributed by atoms with Crippen molar-refractivity contribution in [1.29, 1.82) is 0 Å². The van der Waals surface area contributed by atoms with Gasteiger partial charge in [-0.1, -0.05) is 0 Å². The van der Waals surface area contributed by atoms with Gasteiger partial charge in [0, 0.05) is 64.6 Å². The number of hydrogen-bond donors (Lipinski definition) is 0. The third-order valence-electron chi connectivity index (χ3n) is 5.33. The molecule has 0 spiro atoms. The molecule has 30 heavy (non-hydrogen) atoms. The van der Waals surface area contributed by atoms with Crippen LogP contribution in [0.15, 0.2) is 38.8 Å². The lowest BCUT2D eigenvalue weighted by molar-refractivity contribution is 0.177. The number of rotatable bonds is 6. The maximum atomic E-state index is 13.2. The van der Waals surface area contributed by atoms with Gasteiger partial charge in [-0.05, 0) is 12.1 Å². The van der Waals surface area contributed by atoms with E-state index in [4.69, 9.17) is 9.47 Å². The Hall–Kier alpha value is -2.63. The summed E-state index contributed by atoms with van der Waals surface area (Å²) in [5.74, 6) is 0.688. The van der Waals surface area contributed by atoms with Gasteiger partial charge in [-0.3, -0.25) is 18.8 Å². The molecule has 0 saturated carbocycles. The number of piperazine rings is 1. The maximum Gasteiger partial charge on any atom is 0.330 e. The molecule has 0 N–H and O–H groups in total. The molecule has 0 radical (unpaired) electrons. The number of ether oxygens (including phenoxy) is 2. The minimum Gasteiger partial charge on any atom is -0.497 e. The van der Waals surface area contributed by atoms with Crippen molar-refractivity contribution in [3.63, 3.8) is 0 Å². The molecule has 0 unspecified atom stereocenters. The molecule has 0 atom stereocenters. The Morgan fingerprint density at radius 3 is 2.20 bits per heavy atom. The van der Waals surface area contributed by atoms with Crippen molar-refractivity contribution < 1.29 is 17.9 Å². The van der Waals surface area contributed by atoms with Crippen molar-refractivity contribution >= 4 is 10.0 Å². The van der Waals surface area contributed by atoms with E-state index in [1.165, 1.54) is 42.3 Å². The second-order valence-electron chi connectivity index (χ2n) is 7.07. The van der Waals surface area contributed by atoms with E-state index in [2.05, 4.69) is 0 Å².